The van der Waals surface area contributed by atoms with Gasteiger partial charge in [-0.05, 0) is 72.9 Å². The Morgan fingerprint density at radius 3 is 2.19 bits per heavy atom. The second kappa shape index (κ2) is 12.9. The van der Waals surface area contributed by atoms with Crippen LogP contribution in [0.5, 0.6) is 11.5 Å². The molecule has 1 atom stereocenters. The molecule has 0 saturated carbocycles. The zero-order valence-electron chi connectivity index (χ0n) is 21.8. The van der Waals surface area contributed by atoms with Crippen molar-refractivity contribution in [3.05, 3.63) is 51.5 Å². The maximum Gasteiger partial charge on any atom is 0.258 e. The molecule has 0 aliphatic heterocycles. The summed E-state index contributed by atoms with van der Waals surface area (Å²) >= 11 is 3.52. The zero-order valence-corrected chi connectivity index (χ0v) is 25.2. The average molecular weight is 602 g/mol. The van der Waals surface area contributed by atoms with Gasteiger partial charge in [-0.3, -0.25) is 9.52 Å². The molecule has 2 rings (SSSR count). The van der Waals surface area contributed by atoms with E-state index in [1.165, 1.54) is 6.07 Å². The van der Waals surface area contributed by atoms with Gasteiger partial charge < -0.3 is 19.6 Å². The van der Waals surface area contributed by atoms with E-state index in [1.54, 1.807) is 12.1 Å². The number of hydrogen-bond acceptors (Lipinski definition) is 6. The molecule has 0 heterocycles. The highest BCUT2D eigenvalue weighted by Gasteiger charge is 2.33. The molecule has 0 bridgehead atoms. The van der Waals surface area contributed by atoms with E-state index in [1.807, 2.05) is 26.0 Å². The Kier molecular flexibility index (Phi) is 10.8. The lowest BCUT2D eigenvalue weighted by atomic mass is 10.1. The molecule has 3 N–H and O–H groups in total. The van der Waals surface area contributed by atoms with Gasteiger partial charge in [0.05, 0.1) is 18.0 Å². The van der Waals surface area contributed by atoms with Crippen molar-refractivity contribution < 1.29 is 27.5 Å². The van der Waals surface area contributed by atoms with Crippen LogP contribution in [0.2, 0.25) is 18.1 Å². The molecule has 2 aromatic carbocycles. The molecule has 0 saturated heterocycles. The Morgan fingerprint density at radius 1 is 1.08 bits per heavy atom. The average Bonchev–Trinajstić information content (AvgIpc) is 2.82. The van der Waals surface area contributed by atoms with Crippen molar-refractivity contribution in [1.82, 2.24) is 5.32 Å². The molecule has 1 amide bonds. The van der Waals surface area contributed by atoms with Crippen LogP contribution >= 0.6 is 15.9 Å². The number of hydrogen-bond donors (Lipinski definition) is 3. The number of halogens is 1. The number of phenolic OH excluding ortho intramolecular Hbond substituents is 1. The third-order valence-electron chi connectivity index (χ3n) is 6.28. The van der Waals surface area contributed by atoms with Gasteiger partial charge in [-0.15, -0.1) is 0 Å². The number of phenols is 1. The number of sulfonamides is 1. The molecule has 0 aliphatic rings. The molecular formula is C25H37BrN2O6SSi. The Labute approximate surface area is 224 Å². The number of ether oxygens (including phenoxy) is 1. The van der Waals surface area contributed by atoms with E-state index in [2.05, 4.69) is 46.7 Å². The smallest absolute Gasteiger partial charge is 0.258 e. The highest BCUT2D eigenvalue weighted by Crippen LogP contribution is 2.33. The Morgan fingerprint density at radius 2 is 1.67 bits per heavy atom. The molecule has 0 fully saturated rings. The van der Waals surface area contributed by atoms with Crippen LogP contribution in [0.1, 0.15) is 43.6 Å². The first-order valence-corrected chi connectivity index (χ1v) is 17.2. The van der Waals surface area contributed by atoms with Crippen molar-refractivity contribution in [2.45, 2.75) is 58.9 Å². The molecule has 8 nitrogen and oxygen atoms in total. The molecule has 0 aromatic heterocycles. The Bertz CT molecular complexity index is 1140. The predicted octanol–water partition coefficient (Wildman–Crippen LogP) is 5.40. The van der Waals surface area contributed by atoms with Crippen LogP contribution in [0.15, 0.2) is 34.8 Å². The Balaban J connectivity index is 2.22. The van der Waals surface area contributed by atoms with E-state index in [0.29, 0.717) is 11.3 Å². The van der Waals surface area contributed by atoms with Gasteiger partial charge in [-0.2, -0.15) is 0 Å². The summed E-state index contributed by atoms with van der Waals surface area (Å²) in [5.74, 6) is 0.123. The van der Waals surface area contributed by atoms with E-state index in [-0.39, 0.29) is 30.5 Å². The number of benzene rings is 2. The van der Waals surface area contributed by atoms with E-state index in [4.69, 9.17) is 9.16 Å². The summed E-state index contributed by atoms with van der Waals surface area (Å²) in [6.07, 6.45) is 0.503. The van der Waals surface area contributed by atoms with Crippen LogP contribution < -0.4 is 14.8 Å². The third-order valence-corrected chi connectivity index (χ3v) is 12.8. The van der Waals surface area contributed by atoms with E-state index >= 15 is 0 Å². The van der Waals surface area contributed by atoms with Crippen molar-refractivity contribution in [2.24, 2.45) is 0 Å². The van der Waals surface area contributed by atoms with Crippen LogP contribution in [0.4, 0.5) is 5.69 Å². The molecule has 0 aliphatic carbocycles. The summed E-state index contributed by atoms with van der Waals surface area (Å²) in [4.78, 5) is 12.7. The van der Waals surface area contributed by atoms with Gasteiger partial charge in [0.2, 0.25) is 10.0 Å². The van der Waals surface area contributed by atoms with Gasteiger partial charge in [0.15, 0.2) is 14.9 Å². The normalized spacial score (nSPS) is 12.8. The van der Waals surface area contributed by atoms with Crippen LogP contribution in [0.25, 0.3) is 0 Å². The minimum Gasteiger partial charge on any atom is -0.506 e. The van der Waals surface area contributed by atoms with Crippen LogP contribution in [-0.4, -0.2) is 47.2 Å². The van der Waals surface area contributed by atoms with Gasteiger partial charge in [0.1, 0.15) is 11.5 Å². The van der Waals surface area contributed by atoms with Gasteiger partial charge in [0, 0.05) is 11.0 Å². The fourth-order valence-electron chi connectivity index (χ4n) is 3.96. The topological polar surface area (TPSA) is 114 Å². The molecule has 200 valence electrons. The first-order valence-electron chi connectivity index (χ1n) is 12.0. The number of rotatable bonds is 13. The van der Waals surface area contributed by atoms with Crippen LogP contribution in [-0.2, 0) is 19.2 Å². The summed E-state index contributed by atoms with van der Waals surface area (Å²) < 4.78 is 39.2. The second-order valence-corrected chi connectivity index (χ2v) is 16.2. The van der Waals surface area contributed by atoms with Gasteiger partial charge in [-0.25, -0.2) is 8.42 Å². The largest absolute Gasteiger partial charge is 0.506 e. The fourth-order valence-corrected chi connectivity index (χ4v) is 7.58. The molecule has 1 unspecified atom stereocenters. The maximum atomic E-state index is 12.7. The lowest BCUT2D eigenvalue weighted by Gasteiger charge is -2.34. The quantitative estimate of drug-likeness (QED) is 0.209. The molecule has 0 radical (unpaired) electrons. The number of aromatic hydroxyl groups is 1. The lowest BCUT2D eigenvalue weighted by molar-refractivity contribution is -0.123. The van der Waals surface area contributed by atoms with E-state index in [9.17, 15) is 18.3 Å². The first kappa shape index (κ1) is 30.1. The standard InChI is InChI=1S/C25H37BrN2O6SSi/c1-7-36(8-2,9-3)34-23(19-10-11-22(29)21(14-19)28-35(6,31)32)15-27-24(30)16-33-20-12-17(4)25(26)18(5)13-20/h10-14,23,28-29H,7-9,15-16H2,1-6H3,(H,27,30). The first-order chi connectivity index (χ1) is 16.8. The van der Waals surface area contributed by atoms with Crippen molar-refractivity contribution in [1.29, 1.82) is 0 Å². The summed E-state index contributed by atoms with van der Waals surface area (Å²) in [5, 5.41) is 13.0. The summed E-state index contributed by atoms with van der Waals surface area (Å²) in [5.41, 5.74) is 2.76. The number of anilines is 1. The highest BCUT2D eigenvalue weighted by atomic mass is 79.9. The third kappa shape index (κ3) is 8.50. The fraction of sp³-hybridized carbons (Fsp3) is 0.480. The zero-order chi connectivity index (χ0) is 27.1. The summed E-state index contributed by atoms with van der Waals surface area (Å²) in [7, 11) is -5.68. The van der Waals surface area contributed by atoms with Gasteiger partial charge >= 0.3 is 0 Å². The van der Waals surface area contributed by atoms with Gasteiger partial charge in [-0.1, -0.05) is 42.8 Å². The number of carbonyl (C=O) groups is 1. The predicted molar refractivity (Wildman–Crippen MR) is 150 cm³/mol. The molecule has 36 heavy (non-hydrogen) atoms. The van der Waals surface area contributed by atoms with Crippen LogP contribution in [0.3, 0.4) is 0 Å². The summed E-state index contributed by atoms with van der Waals surface area (Å²) in [6, 6.07) is 11.1. The molecule has 0 spiro atoms. The lowest BCUT2D eigenvalue weighted by Crippen LogP contribution is -2.41. The Hall–Kier alpha value is -2.08. The van der Waals surface area contributed by atoms with Crippen molar-refractivity contribution in [2.75, 3.05) is 24.1 Å². The molecular weight excluding hydrogens is 564 g/mol. The minimum absolute atomic E-state index is 0.0657. The van der Waals surface area contributed by atoms with Crippen molar-refractivity contribution >= 4 is 45.9 Å². The molecule has 11 heteroatoms. The number of carbonyl (C=O) groups excluding carboxylic acids is 1. The SMILES string of the molecule is CC[Si](CC)(CC)OC(CNC(=O)COc1cc(C)c(Br)c(C)c1)c1ccc(O)c(NS(C)(=O)=O)c1. The summed E-state index contributed by atoms with van der Waals surface area (Å²) in [6.45, 7) is 10.3. The minimum atomic E-state index is -3.59. The number of nitrogens with one attached hydrogen (secondary N) is 2. The maximum absolute atomic E-state index is 12.7. The van der Waals surface area contributed by atoms with Crippen molar-refractivity contribution in [3.8, 4) is 11.5 Å². The van der Waals surface area contributed by atoms with Crippen LogP contribution in [0, 0.1) is 13.8 Å². The second-order valence-electron chi connectivity index (χ2n) is 8.96. The monoisotopic (exact) mass is 600 g/mol. The molecule has 2 aromatic rings. The van der Waals surface area contributed by atoms with E-state index < -0.39 is 24.4 Å². The van der Waals surface area contributed by atoms with Crippen molar-refractivity contribution in [3.63, 3.8) is 0 Å². The van der Waals surface area contributed by atoms with Gasteiger partial charge in [0.25, 0.3) is 5.91 Å². The van der Waals surface area contributed by atoms with E-state index in [0.717, 1.165) is 40.0 Å². The number of amides is 1. The number of aryl methyl sites for hydroxylation is 2. The highest BCUT2D eigenvalue weighted by molar-refractivity contribution is 9.10.